The molecule has 112 valence electrons. The summed E-state index contributed by atoms with van der Waals surface area (Å²) in [5, 5.41) is 3.43. The van der Waals surface area contributed by atoms with E-state index >= 15 is 0 Å². The van der Waals surface area contributed by atoms with Gasteiger partial charge in [0, 0.05) is 29.6 Å². The van der Waals surface area contributed by atoms with Gasteiger partial charge in [-0.1, -0.05) is 6.92 Å². The van der Waals surface area contributed by atoms with Crippen molar-refractivity contribution in [3.8, 4) is 0 Å². The van der Waals surface area contributed by atoms with Crippen LogP contribution in [0, 0.1) is 0 Å². The van der Waals surface area contributed by atoms with Crippen LogP contribution in [0.25, 0.3) is 0 Å². The maximum atomic E-state index is 12.8. The second kappa shape index (κ2) is 5.56. The molecule has 1 saturated heterocycles. The van der Waals surface area contributed by atoms with Gasteiger partial charge in [-0.15, -0.1) is 0 Å². The summed E-state index contributed by atoms with van der Waals surface area (Å²) in [7, 11) is 0. The van der Waals surface area contributed by atoms with Crippen LogP contribution >= 0.6 is 15.9 Å². The molecule has 1 atom stereocenters. The van der Waals surface area contributed by atoms with Gasteiger partial charge in [0.2, 0.25) is 0 Å². The highest BCUT2D eigenvalue weighted by molar-refractivity contribution is 9.10. The molecule has 0 spiro atoms. The maximum Gasteiger partial charge on any atom is 0.416 e. The molecular weight excluding hydrogens is 333 g/mol. The summed E-state index contributed by atoms with van der Waals surface area (Å²) in [6, 6.07) is 3.81. The Morgan fingerprint density at radius 3 is 2.70 bits per heavy atom. The number of anilines is 1. The van der Waals surface area contributed by atoms with Gasteiger partial charge in [0.25, 0.3) is 0 Å². The third-order valence-electron chi connectivity index (χ3n) is 3.87. The van der Waals surface area contributed by atoms with E-state index in [1.54, 1.807) is 0 Å². The van der Waals surface area contributed by atoms with Gasteiger partial charge in [-0.25, -0.2) is 0 Å². The van der Waals surface area contributed by atoms with Crippen LogP contribution in [0.15, 0.2) is 22.7 Å². The zero-order valence-electron chi connectivity index (χ0n) is 11.5. The van der Waals surface area contributed by atoms with E-state index in [9.17, 15) is 13.2 Å². The Labute approximate surface area is 125 Å². The minimum atomic E-state index is -4.31. The lowest BCUT2D eigenvalue weighted by Gasteiger charge is -2.42. The van der Waals surface area contributed by atoms with Crippen molar-refractivity contribution in [2.75, 3.05) is 24.5 Å². The number of piperazine rings is 1. The van der Waals surface area contributed by atoms with E-state index in [4.69, 9.17) is 0 Å². The van der Waals surface area contributed by atoms with Crippen molar-refractivity contribution in [1.29, 1.82) is 0 Å². The quantitative estimate of drug-likeness (QED) is 0.865. The molecule has 20 heavy (non-hydrogen) atoms. The number of rotatable bonds is 2. The van der Waals surface area contributed by atoms with Gasteiger partial charge in [0.1, 0.15) is 0 Å². The Balaban J connectivity index is 2.32. The molecule has 6 heteroatoms. The fraction of sp³-hybridized carbons (Fsp3) is 0.571. The van der Waals surface area contributed by atoms with Crippen molar-refractivity contribution in [3.63, 3.8) is 0 Å². The van der Waals surface area contributed by atoms with E-state index in [2.05, 4.69) is 35.1 Å². The Morgan fingerprint density at radius 1 is 1.40 bits per heavy atom. The SMILES string of the molecule is CCC1(C)CN(c2cc(C(F)(F)F)ccc2Br)CCN1. The molecule has 1 fully saturated rings. The molecule has 0 amide bonds. The first-order valence-electron chi connectivity index (χ1n) is 6.62. The highest BCUT2D eigenvalue weighted by Gasteiger charge is 2.33. The number of hydrogen-bond acceptors (Lipinski definition) is 2. The summed E-state index contributed by atoms with van der Waals surface area (Å²) in [5.74, 6) is 0. The van der Waals surface area contributed by atoms with Crippen LogP contribution in [0.1, 0.15) is 25.8 Å². The summed E-state index contributed by atoms with van der Waals surface area (Å²) in [4.78, 5) is 2.01. The lowest BCUT2D eigenvalue weighted by atomic mass is 9.95. The van der Waals surface area contributed by atoms with Crippen LogP contribution in [-0.2, 0) is 6.18 Å². The van der Waals surface area contributed by atoms with E-state index in [-0.39, 0.29) is 5.54 Å². The molecule has 0 saturated carbocycles. The lowest BCUT2D eigenvalue weighted by molar-refractivity contribution is -0.137. The van der Waals surface area contributed by atoms with Gasteiger partial charge >= 0.3 is 6.18 Å². The topological polar surface area (TPSA) is 15.3 Å². The molecule has 1 aliphatic heterocycles. The maximum absolute atomic E-state index is 12.8. The van der Waals surface area contributed by atoms with Crippen LogP contribution in [0.4, 0.5) is 18.9 Å². The van der Waals surface area contributed by atoms with Gasteiger partial charge in [0.15, 0.2) is 0 Å². The molecular formula is C14H18BrF3N2. The summed E-state index contributed by atoms with van der Waals surface area (Å²) < 4.78 is 39.2. The molecule has 0 aromatic heterocycles. The number of alkyl halides is 3. The van der Waals surface area contributed by atoms with Gasteiger partial charge in [-0.05, 0) is 47.5 Å². The molecule has 2 rings (SSSR count). The Bertz CT molecular complexity index is 490. The average molecular weight is 351 g/mol. The molecule has 1 aliphatic rings. The molecule has 0 bridgehead atoms. The first-order valence-corrected chi connectivity index (χ1v) is 7.41. The van der Waals surface area contributed by atoms with Crippen molar-refractivity contribution < 1.29 is 13.2 Å². The van der Waals surface area contributed by atoms with E-state index in [1.165, 1.54) is 12.1 Å². The second-order valence-electron chi connectivity index (χ2n) is 5.43. The summed E-state index contributed by atoms with van der Waals surface area (Å²) in [5.41, 5.74) is -0.0558. The number of halogens is 4. The number of hydrogen-bond donors (Lipinski definition) is 1. The highest BCUT2D eigenvalue weighted by atomic mass is 79.9. The second-order valence-corrected chi connectivity index (χ2v) is 6.28. The standard InChI is InChI=1S/C14H18BrF3N2/c1-3-13(2)9-20(7-6-19-13)12-8-10(14(16,17)18)4-5-11(12)15/h4-5,8,19H,3,6-7,9H2,1-2H3. The van der Waals surface area contributed by atoms with Crippen molar-refractivity contribution in [2.45, 2.75) is 32.0 Å². The minimum Gasteiger partial charge on any atom is -0.367 e. The summed E-state index contributed by atoms with van der Waals surface area (Å²) >= 11 is 3.36. The summed E-state index contributed by atoms with van der Waals surface area (Å²) in [6.45, 7) is 6.35. The van der Waals surface area contributed by atoms with Crippen LogP contribution in [-0.4, -0.2) is 25.2 Å². The van der Waals surface area contributed by atoms with Gasteiger partial charge in [0.05, 0.1) is 11.3 Å². The summed E-state index contributed by atoms with van der Waals surface area (Å²) in [6.07, 6.45) is -3.38. The van der Waals surface area contributed by atoms with Gasteiger partial charge in [-0.2, -0.15) is 13.2 Å². The van der Waals surface area contributed by atoms with Crippen LogP contribution < -0.4 is 10.2 Å². The zero-order chi connectivity index (χ0) is 15.0. The highest BCUT2D eigenvalue weighted by Crippen LogP contribution is 2.36. The third-order valence-corrected chi connectivity index (χ3v) is 4.54. The Hall–Kier alpha value is -0.750. The monoisotopic (exact) mass is 350 g/mol. The van der Waals surface area contributed by atoms with Crippen molar-refractivity contribution in [3.05, 3.63) is 28.2 Å². The largest absolute Gasteiger partial charge is 0.416 e. The number of nitrogens with zero attached hydrogens (tertiary/aromatic N) is 1. The van der Waals surface area contributed by atoms with Gasteiger partial charge in [-0.3, -0.25) is 0 Å². The lowest BCUT2D eigenvalue weighted by Crippen LogP contribution is -2.58. The van der Waals surface area contributed by atoms with E-state index in [0.717, 1.165) is 19.0 Å². The van der Waals surface area contributed by atoms with Crippen molar-refractivity contribution >= 4 is 21.6 Å². The fourth-order valence-electron chi connectivity index (χ4n) is 2.42. The smallest absolute Gasteiger partial charge is 0.367 e. The van der Waals surface area contributed by atoms with E-state index < -0.39 is 11.7 Å². The Kier molecular flexibility index (Phi) is 4.35. The molecule has 2 nitrogen and oxygen atoms in total. The predicted molar refractivity (Wildman–Crippen MR) is 78.1 cm³/mol. The van der Waals surface area contributed by atoms with Crippen LogP contribution in [0.2, 0.25) is 0 Å². The minimum absolute atomic E-state index is 0.0636. The molecule has 1 heterocycles. The van der Waals surface area contributed by atoms with Crippen LogP contribution in [0.5, 0.6) is 0 Å². The number of nitrogens with one attached hydrogen (secondary N) is 1. The number of benzene rings is 1. The van der Waals surface area contributed by atoms with Crippen LogP contribution in [0.3, 0.4) is 0 Å². The first kappa shape index (κ1) is 15.6. The van der Waals surface area contributed by atoms with Crippen molar-refractivity contribution in [1.82, 2.24) is 5.32 Å². The molecule has 0 radical (unpaired) electrons. The molecule has 1 aromatic carbocycles. The predicted octanol–water partition coefficient (Wildman–Crippen LogP) is 4.05. The molecule has 1 aromatic rings. The average Bonchev–Trinajstić information content (AvgIpc) is 2.38. The first-order chi connectivity index (χ1) is 9.25. The molecule has 0 aliphatic carbocycles. The Morgan fingerprint density at radius 2 is 2.10 bits per heavy atom. The van der Waals surface area contributed by atoms with Gasteiger partial charge < -0.3 is 10.2 Å². The zero-order valence-corrected chi connectivity index (χ0v) is 13.1. The normalized spacial score (nSPS) is 24.0. The molecule has 1 unspecified atom stereocenters. The molecule has 1 N–H and O–H groups in total. The van der Waals surface area contributed by atoms with E-state index in [1.807, 2.05) is 4.90 Å². The van der Waals surface area contributed by atoms with Crippen molar-refractivity contribution in [2.24, 2.45) is 0 Å². The van der Waals surface area contributed by atoms with E-state index in [0.29, 0.717) is 23.2 Å². The third kappa shape index (κ3) is 3.28. The fourth-order valence-corrected chi connectivity index (χ4v) is 2.92.